The van der Waals surface area contributed by atoms with Crippen molar-refractivity contribution in [1.82, 2.24) is 5.32 Å². The summed E-state index contributed by atoms with van der Waals surface area (Å²) < 4.78 is 5.79. The number of unbranched alkanes of at least 4 members (excludes halogenated alkanes) is 1. The molecule has 0 bridgehead atoms. The minimum atomic E-state index is -0.818. The number of hydrogen-bond acceptors (Lipinski definition) is 3. The van der Waals surface area contributed by atoms with Crippen LogP contribution in [0.25, 0.3) is 0 Å². The van der Waals surface area contributed by atoms with Crippen molar-refractivity contribution in [3.8, 4) is 0 Å². The lowest BCUT2D eigenvalue weighted by Gasteiger charge is -2.28. The molecule has 4 nitrogen and oxygen atoms in total. The third kappa shape index (κ3) is 5.91. The molecule has 0 heterocycles. The fourth-order valence-electron chi connectivity index (χ4n) is 2.76. The van der Waals surface area contributed by atoms with Gasteiger partial charge in [-0.3, -0.25) is 10.1 Å². The van der Waals surface area contributed by atoms with E-state index in [2.05, 4.69) is 5.32 Å². The summed E-state index contributed by atoms with van der Waals surface area (Å²) in [5.41, 5.74) is -0.818. The lowest BCUT2D eigenvalue weighted by molar-refractivity contribution is -0.144. The van der Waals surface area contributed by atoms with Gasteiger partial charge in [-0.25, -0.2) is 0 Å². The molecule has 0 radical (unpaired) electrons. The number of ether oxygens (including phenoxy) is 1. The zero-order chi connectivity index (χ0) is 14.3. The van der Waals surface area contributed by atoms with Crippen LogP contribution < -0.4 is 5.32 Å². The Bertz CT molecular complexity index is 275. The van der Waals surface area contributed by atoms with Gasteiger partial charge in [0.2, 0.25) is 0 Å². The lowest BCUT2D eigenvalue weighted by Crippen LogP contribution is -2.52. The molecule has 1 fully saturated rings. The van der Waals surface area contributed by atoms with E-state index in [0.29, 0.717) is 12.5 Å². The Morgan fingerprint density at radius 1 is 1.37 bits per heavy atom. The number of carbonyl (C=O) groups is 1. The van der Waals surface area contributed by atoms with Crippen molar-refractivity contribution in [3.63, 3.8) is 0 Å². The molecule has 112 valence electrons. The van der Waals surface area contributed by atoms with Gasteiger partial charge in [-0.1, -0.05) is 12.8 Å². The molecular formula is C15H29NO3. The largest absolute Gasteiger partial charge is 0.480 e. The SMILES string of the molecule is CC(C)NC(C)(CCCCOC1CCCC1)C(=O)O. The molecule has 1 unspecified atom stereocenters. The zero-order valence-corrected chi connectivity index (χ0v) is 12.6. The minimum absolute atomic E-state index is 0.177. The molecule has 0 aromatic rings. The number of rotatable bonds is 9. The van der Waals surface area contributed by atoms with E-state index in [9.17, 15) is 9.90 Å². The van der Waals surface area contributed by atoms with Gasteiger partial charge in [-0.05, 0) is 52.9 Å². The van der Waals surface area contributed by atoms with Crippen LogP contribution in [0.2, 0.25) is 0 Å². The highest BCUT2D eigenvalue weighted by atomic mass is 16.5. The molecule has 1 aliphatic rings. The summed E-state index contributed by atoms with van der Waals surface area (Å²) in [6.45, 7) is 6.49. The van der Waals surface area contributed by atoms with E-state index >= 15 is 0 Å². The number of hydrogen-bond donors (Lipinski definition) is 2. The number of carboxylic acids is 1. The van der Waals surface area contributed by atoms with Crippen molar-refractivity contribution in [2.45, 2.75) is 83.4 Å². The molecule has 0 saturated heterocycles. The Kier molecular flexibility index (Phi) is 6.80. The maximum atomic E-state index is 11.3. The third-order valence-electron chi connectivity index (χ3n) is 3.81. The van der Waals surface area contributed by atoms with Gasteiger partial charge in [0.1, 0.15) is 5.54 Å². The molecule has 0 aromatic carbocycles. The average Bonchev–Trinajstić information content (AvgIpc) is 2.80. The van der Waals surface area contributed by atoms with Crippen molar-refractivity contribution in [2.75, 3.05) is 6.61 Å². The summed E-state index contributed by atoms with van der Waals surface area (Å²) in [6, 6.07) is 0.177. The Morgan fingerprint density at radius 2 is 2.00 bits per heavy atom. The molecule has 19 heavy (non-hydrogen) atoms. The second kappa shape index (κ2) is 7.85. The minimum Gasteiger partial charge on any atom is -0.480 e. The highest BCUT2D eigenvalue weighted by Crippen LogP contribution is 2.21. The summed E-state index contributed by atoms with van der Waals surface area (Å²) in [5, 5.41) is 12.5. The predicted octanol–water partition coefficient (Wildman–Crippen LogP) is 2.96. The van der Waals surface area contributed by atoms with Crippen molar-refractivity contribution in [1.29, 1.82) is 0 Å². The molecule has 1 rings (SSSR count). The topological polar surface area (TPSA) is 58.6 Å². The molecule has 0 spiro atoms. The van der Waals surface area contributed by atoms with Crippen LogP contribution in [0.5, 0.6) is 0 Å². The molecule has 2 N–H and O–H groups in total. The Labute approximate surface area is 116 Å². The van der Waals surface area contributed by atoms with Crippen LogP contribution in [0.3, 0.4) is 0 Å². The second-order valence-corrected chi connectivity index (χ2v) is 6.17. The number of nitrogens with one attached hydrogen (secondary N) is 1. The summed E-state index contributed by atoms with van der Waals surface area (Å²) >= 11 is 0. The van der Waals surface area contributed by atoms with Crippen molar-refractivity contribution >= 4 is 5.97 Å². The molecule has 1 aliphatic carbocycles. The van der Waals surface area contributed by atoms with Gasteiger partial charge < -0.3 is 9.84 Å². The number of aliphatic carboxylic acids is 1. The molecular weight excluding hydrogens is 242 g/mol. The fourth-order valence-corrected chi connectivity index (χ4v) is 2.76. The van der Waals surface area contributed by atoms with Gasteiger partial charge in [-0.2, -0.15) is 0 Å². The molecule has 0 amide bonds. The van der Waals surface area contributed by atoms with Crippen LogP contribution in [0.15, 0.2) is 0 Å². The maximum absolute atomic E-state index is 11.3. The van der Waals surface area contributed by atoms with Gasteiger partial charge in [0.05, 0.1) is 6.10 Å². The van der Waals surface area contributed by atoms with Gasteiger partial charge in [0.25, 0.3) is 0 Å². The van der Waals surface area contributed by atoms with Crippen molar-refractivity contribution in [3.05, 3.63) is 0 Å². The van der Waals surface area contributed by atoms with Crippen LogP contribution in [-0.2, 0) is 9.53 Å². The van der Waals surface area contributed by atoms with E-state index in [4.69, 9.17) is 4.74 Å². The van der Waals surface area contributed by atoms with E-state index < -0.39 is 11.5 Å². The quantitative estimate of drug-likeness (QED) is 0.633. The Hall–Kier alpha value is -0.610. The summed E-state index contributed by atoms with van der Waals surface area (Å²) in [4.78, 5) is 11.3. The molecule has 0 aromatic heterocycles. The highest BCUT2D eigenvalue weighted by Gasteiger charge is 2.32. The van der Waals surface area contributed by atoms with Crippen LogP contribution >= 0.6 is 0 Å². The first-order valence-corrected chi connectivity index (χ1v) is 7.57. The van der Waals surface area contributed by atoms with Crippen LogP contribution in [0.1, 0.15) is 65.7 Å². The standard InChI is InChI=1S/C15H29NO3/c1-12(2)16-15(3,14(17)18)10-6-7-11-19-13-8-4-5-9-13/h12-13,16H,4-11H2,1-3H3,(H,17,18). The van der Waals surface area contributed by atoms with Crippen molar-refractivity contribution < 1.29 is 14.6 Å². The number of carboxylic acid groups (broad SMARTS) is 1. The predicted molar refractivity (Wildman–Crippen MR) is 76.4 cm³/mol. The Morgan fingerprint density at radius 3 is 2.53 bits per heavy atom. The average molecular weight is 271 g/mol. The smallest absolute Gasteiger partial charge is 0.323 e. The molecule has 1 atom stereocenters. The lowest BCUT2D eigenvalue weighted by atomic mass is 9.94. The molecule has 1 saturated carbocycles. The van der Waals surface area contributed by atoms with Crippen molar-refractivity contribution in [2.24, 2.45) is 0 Å². The van der Waals surface area contributed by atoms with E-state index in [0.717, 1.165) is 19.4 Å². The first-order chi connectivity index (χ1) is 8.94. The summed E-state index contributed by atoms with van der Waals surface area (Å²) in [5.74, 6) is -0.766. The normalized spacial score (nSPS) is 19.8. The first kappa shape index (κ1) is 16.4. The molecule has 4 heteroatoms. The summed E-state index contributed by atoms with van der Waals surface area (Å²) in [6.07, 6.45) is 7.91. The monoisotopic (exact) mass is 271 g/mol. The van der Waals surface area contributed by atoms with Gasteiger partial charge in [-0.15, -0.1) is 0 Å². The molecule has 0 aliphatic heterocycles. The maximum Gasteiger partial charge on any atom is 0.323 e. The van der Waals surface area contributed by atoms with Crippen LogP contribution in [0.4, 0.5) is 0 Å². The highest BCUT2D eigenvalue weighted by molar-refractivity contribution is 5.78. The van der Waals surface area contributed by atoms with Crippen LogP contribution in [0, 0.1) is 0 Å². The third-order valence-corrected chi connectivity index (χ3v) is 3.81. The fraction of sp³-hybridized carbons (Fsp3) is 0.933. The zero-order valence-electron chi connectivity index (χ0n) is 12.6. The van der Waals surface area contributed by atoms with Gasteiger partial charge in [0.15, 0.2) is 0 Å². The van der Waals surface area contributed by atoms with E-state index in [-0.39, 0.29) is 6.04 Å². The first-order valence-electron chi connectivity index (χ1n) is 7.57. The van der Waals surface area contributed by atoms with E-state index in [1.165, 1.54) is 25.7 Å². The Balaban J connectivity index is 2.18. The van der Waals surface area contributed by atoms with Gasteiger partial charge in [0, 0.05) is 12.6 Å². The van der Waals surface area contributed by atoms with E-state index in [1.54, 1.807) is 6.92 Å². The van der Waals surface area contributed by atoms with Gasteiger partial charge >= 0.3 is 5.97 Å². The van der Waals surface area contributed by atoms with E-state index in [1.807, 2.05) is 13.8 Å². The summed E-state index contributed by atoms with van der Waals surface area (Å²) in [7, 11) is 0. The van der Waals surface area contributed by atoms with Crippen LogP contribution in [-0.4, -0.2) is 35.4 Å². The second-order valence-electron chi connectivity index (χ2n) is 6.17.